The summed E-state index contributed by atoms with van der Waals surface area (Å²) in [6, 6.07) is 10.6. The van der Waals surface area contributed by atoms with Gasteiger partial charge in [0.1, 0.15) is 5.75 Å². The first-order valence-corrected chi connectivity index (χ1v) is 5.33. The van der Waals surface area contributed by atoms with Crippen LogP contribution in [0, 0.1) is 6.92 Å². The molecule has 0 spiro atoms. The summed E-state index contributed by atoms with van der Waals surface area (Å²) in [5, 5.41) is 0. The number of benzene rings is 1. The van der Waals surface area contributed by atoms with Crippen molar-refractivity contribution in [2.24, 2.45) is 0 Å². The number of ketones is 1. The van der Waals surface area contributed by atoms with E-state index >= 15 is 0 Å². The summed E-state index contributed by atoms with van der Waals surface area (Å²) >= 11 is 0. The maximum Gasteiger partial charge on any atom is 0.194 e. The molecule has 0 aliphatic carbocycles. The smallest absolute Gasteiger partial charge is 0.194 e. The van der Waals surface area contributed by atoms with Gasteiger partial charge >= 0.3 is 0 Å². The third kappa shape index (κ3) is 2.33. The fraction of sp³-hybridized carbons (Fsp3) is 0.143. The number of aryl methyl sites for hydroxylation is 1. The van der Waals surface area contributed by atoms with Gasteiger partial charge in [-0.1, -0.05) is 0 Å². The van der Waals surface area contributed by atoms with Crippen molar-refractivity contribution in [2.45, 2.75) is 6.92 Å². The Kier molecular flexibility index (Phi) is 3.19. The molecule has 0 radical (unpaired) electrons. The van der Waals surface area contributed by atoms with E-state index in [1.54, 1.807) is 49.7 Å². The molecule has 0 saturated carbocycles. The largest absolute Gasteiger partial charge is 0.497 e. The predicted octanol–water partition coefficient (Wildman–Crippen LogP) is 2.63. The molecule has 2 rings (SSSR count). The minimum absolute atomic E-state index is 0.0155. The molecule has 17 heavy (non-hydrogen) atoms. The van der Waals surface area contributed by atoms with Crippen molar-refractivity contribution in [3.05, 3.63) is 59.4 Å². The SMILES string of the molecule is COc1ccc(C(=O)c2cccnc2C)cc1. The zero-order valence-corrected chi connectivity index (χ0v) is 9.81. The van der Waals surface area contributed by atoms with Crippen molar-refractivity contribution < 1.29 is 9.53 Å². The molecule has 0 fully saturated rings. The number of aromatic nitrogens is 1. The van der Waals surface area contributed by atoms with Gasteiger partial charge in [-0.2, -0.15) is 0 Å². The molecular weight excluding hydrogens is 214 g/mol. The summed E-state index contributed by atoms with van der Waals surface area (Å²) in [5.74, 6) is 0.725. The Morgan fingerprint density at radius 3 is 2.47 bits per heavy atom. The highest BCUT2D eigenvalue weighted by Gasteiger charge is 2.11. The Morgan fingerprint density at radius 1 is 1.18 bits per heavy atom. The van der Waals surface area contributed by atoms with Gasteiger partial charge < -0.3 is 4.74 Å². The van der Waals surface area contributed by atoms with Crippen molar-refractivity contribution in [2.75, 3.05) is 7.11 Å². The number of carbonyl (C=O) groups is 1. The van der Waals surface area contributed by atoms with Crippen LogP contribution >= 0.6 is 0 Å². The van der Waals surface area contributed by atoms with Crippen LogP contribution in [-0.2, 0) is 0 Å². The maximum atomic E-state index is 12.2. The van der Waals surface area contributed by atoms with Gasteiger partial charge in [-0.05, 0) is 43.3 Å². The summed E-state index contributed by atoms with van der Waals surface area (Å²) in [7, 11) is 1.60. The molecule has 0 amide bonds. The first-order valence-electron chi connectivity index (χ1n) is 5.33. The molecule has 0 atom stereocenters. The molecule has 1 aromatic carbocycles. The van der Waals surface area contributed by atoms with Crippen molar-refractivity contribution in [1.29, 1.82) is 0 Å². The third-order valence-electron chi connectivity index (χ3n) is 2.60. The molecule has 0 N–H and O–H groups in total. The highest BCUT2D eigenvalue weighted by molar-refractivity contribution is 6.09. The second-order valence-corrected chi connectivity index (χ2v) is 3.69. The highest BCUT2D eigenvalue weighted by atomic mass is 16.5. The van der Waals surface area contributed by atoms with E-state index in [2.05, 4.69) is 4.98 Å². The lowest BCUT2D eigenvalue weighted by Gasteiger charge is -2.04. The maximum absolute atomic E-state index is 12.2. The molecule has 1 aromatic heterocycles. The second kappa shape index (κ2) is 4.78. The zero-order chi connectivity index (χ0) is 12.3. The molecule has 0 aliphatic rings. The molecule has 3 heteroatoms. The quantitative estimate of drug-likeness (QED) is 0.757. The Morgan fingerprint density at radius 2 is 1.88 bits per heavy atom. The zero-order valence-electron chi connectivity index (χ0n) is 9.81. The third-order valence-corrected chi connectivity index (χ3v) is 2.60. The van der Waals surface area contributed by atoms with Crippen molar-refractivity contribution >= 4 is 5.78 Å². The van der Waals surface area contributed by atoms with E-state index in [4.69, 9.17) is 4.74 Å². The van der Waals surface area contributed by atoms with Gasteiger partial charge in [0.15, 0.2) is 5.78 Å². The van der Waals surface area contributed by atoms with E-state index in [-0.39, 0.29) is 5.78 Å². The molecular formula is C14H13NO2. The highest BCUT2D eigenvalue weighted by Crippen LogP contribution is 2.16. The van der Waals surface area contributed by atoms with Gasteiger partial charge in [0, 0.05) is 23.0 Å². The number of hydrogen-bond acceptors (Lipinski definition) is 3. The summed E-state index contributed by atoms with van der Waals surface area (Å²) in [4.78, 5) is 16.3. The van der Waals surface area contributed by atoms with Crippen LogP contribution in [0.25, 0.3) is 0 Å². The molecule has 0 saturated heterocycles. The average molecular weight is 227 g/mol. The van der Waals surface area contributed by atoms with E-state index in [0.717, 1.165) is 11.4 Å². The first-order chi connectivity index (χ1) is 8.22. The summed E-state index contributed by atoms with van der Waals surface area (Å²) in [5.41, 5.74) is 2.02. The Balaban J connectivity index is 2.34. The minimum Gasteiger partial charge on any atom is -0.497 e. The van der Waals surface area contributed by atoms with E-state index in [0.29, 0.717) is 11.1 Å². The lowest BCUT2D eigenvalue weighted by atomic mass is 10.0. The number of pyridine rings is 1. The molecule has 1 heterocycles. The van der Waals surface area contributed by atoms with Crippen LogP contribution in [0.1, 0.15) is 21.6 Å². The Hall–Kier alpha value is -2.16. The molecule has 0 unspecified atom stereocenters. The summed E-state index contributed by atoms with van der Waals surface area (Å²) < 4.78 is 5.05. The van der Waals surface area contributed by atoms with Crippen LogP contribution in [0.15, 0.2) is 42.6 Å². The van der Waals surface area contributed by atoms with Crippen LogP contribution in [0.4, 0.5) is 0 Å². The van der Waals surface area contributed by atoms with Crippen molar-refractivity contribution in [3.63, 3.8) is 0 Å². The van der Waals surface area contributed by atoms with Gasteiger partial charge in [-0.25, -0.2) is 0 Å². The van der Waals surface area contributed by atoms with Gasteiger partial charge in [0.05, 0.1) is 7.11 Å². The van der Waals surface area contributed by atoms with Crippen LogP contribution in [0.5, 0.6) is 5.75 Å². The Labute approximate surface area is 100 Å². The van der Waals surface area contributed by atoms with Gasteiger partial charge in [0.25, 0.3) is 0 Å². The van der Waals surface area contributed by atoms with E-state index < -0.39 is 0 Å². The summed E-state index contributed by atoms with van der Waals surface area (Å²) in [6.07, 6.45) is 1.68. The Bertz CT molecular complexity index is 532. The van der Waals surface area contributed by atoms with Crippen LogP contribution in [-0.4, -0.2) is 17.9 Å². The van der Waals surface area contributed by atoms with Gasteiger partial charge in [-0.3, -0.25) is 9.78 Å². The molecule has 3 nitrogen and oxygen atoms in total. The number of carbonyl (C=O) groups excluding carboxylic acids is 1. The summed E-state index contributed by atoms with van der Waals surface area (Å²) in [6.45, 7) is 1.83. The average Bonchev–Trinajstić information content (AvgIpc) is 2.39. The number of rotatable bonds is 3. The van der Waals surface area contributed by atoms with E-state index in [1.807, 2.05) is 6.92 Å². The molecule has 86 valence electrons. The van der Waals surface area contributed by atoms with E-state index in [9.17, 15) is 4.79 Å². The second-order valence-electron chi connectivity index (χ2n) is 3.69. The molecule has 0 aliphatic heterocycles. The minimum atomic E-state index is -0.0155. The topological polar surface area (TPSA) is 39.2 Å². The van der Waals surface area contributed by atoms with Gasteiger partial charge in [-0.15, -0.1) is 0 Å². The van der Waals surface area contributed by atoms with Crippen LogP contribution in [0.2, 0.25) is 0 Å². The monoisotopic (exact) mass is 227 g/mol. The van der Waals surface area contributed by atoms with Crippen LogP contribution < -0.4 is 4.74 Å². The first kappa shape index (κ1) is 11.3. The number of hydrogen-bond donors (Lipinski definition) is 0. The fourth-order valence-electron chi connectivity index (χ4n) is 1.62. The molecule has 0 bridgehead atoms. The predicted molar refractivity (Wildman–Crippen MR) is 65.4 cm³/mol. The lowest BCUT2D eigenvalue weighted by molar-refractivity contribution is 0.103. The van der Waals surface area contributed by atoms with Gasteiger partial charge in [0.2, 0.25) is 0 Å². The standard InChI is InChI=1S/C14H13NO2/c1-10-13(4-3-9-15-10)14(16)11-5-7-12(17-2)8-6-11/h3-9H,1-2H3. The van der Waals surface area contributed by atoms with E-state index in [1.165, 1.54) is 0 Å². The number of methoxy groups -OCH3 is 1. The number of ether oxygens (including phenoxy) is 1. The number of nitrogens with zero attached hydrogens (tertiary/aromatic N) is 1. The fourth-order valence-corrected chi connectivity index (χ4v) is 1.62. The van der Waals surface area contributed by atoms with Crippen molar-refractivity contribution in [3.8, 4) is 5.75 Å². The van der Waals surface area contributed by atoms with Crippen LogP contribution in [0.3, 0.4) is 0 Å². The molecule has 2 aromatic rings. The van der Waals surface area contributed by atoms with Crippen molar-refractivity contribution in [1.82, 2.24) is 4.98 Å². The normalized spacial score (nSPS) is 10.0. The lowest BCUT2D eigenvalue weighted by Crippen LogP contribution is -2.04.